The number of hydrogen-bond donors (Lipinski definition) is 2. The normalized spacial score (nSPS) is 10.2. The minimum Gasteiger partial charge on any atom is -0.284 e. The molecule has 0 spiro atoms. The zero-order valence-corrected chi connectivity index (χ0v) is 16.1. The van der Waals surface area contributed by atoms with Crippen LogP contribution >= 0.6 is 0 Å². The van der Waals surface area contributed by atoms with Gasteiger partial charge in [-0.25, -0.2) is 0 Å². The molecule has 5 nitrogen and oxygen atoms in total. The van der Waals surface area contributed by atoms with Gasteiger partial charge in [0.2, 0.25) is 0 Å². The first kappa shape index (κ1) is 23.7. The molecule has 0 atom stereocenters. The Balaban J connectivity index is 0. The third-order valence-corrected chi connectivity index (χ3v) is 3.36. The first-order valence-corrected chi connectivity index (χ1v) is 9.77. The second-order valence-electron chi connectivity index (χ2n) is 5.23. The van der Waals surface area contributed by atoms with Crippen LogP contribution in [0.5, 0.6) is 0 Å². The molecule has 2 N–H and O–H groups in total. The van der Waals surface area contributed by atoms with E-state index in [0.717, 1.165) is 12.8 Å². The predicted molar refractivity (Wildman–Crippen MR) is 85.6 cm³/mol. The van der Waals surface area contributed by atoms with E-state index in [-0.39, 0.29) is 15.2 Å². The van der Waals surface area contributed by atoms with E-state index in [1.165, 1.54) is 44.9 Å². The second-order valence-corrected chi connectivity index (χ2v) is 6.80. The molecule has 0 saturated heterocycles. The van der Waals surface area contributed by atoms with Crippen molar-refractivity contribution in [2.24, 2.45) is 0 Å². The monoisotopic (exact) mass is 330 g/mol. The number of rotatable bonds is 12. The molecule has 0 aromatic carbocycles. The summed E-state index contributed by atoms with van der Waals surface area (Å²) in [5, 5.41) is 0. The first-order chi connectivity index (χ1) is 9.90. The molecular formula is C14H27NaO5S. The molecule has 0 saturated carbocycles. The van der Waals surface area contributed by atoms with Crippen molar-refractivity contribution >= 4 is 48.1 Å². The Morgan fingerprint density at radius 3 is 1.67 bits per heavy atom. The van der Waals surface area contributed by atoms with Crippen LogP contribution in [0.3, 0.4) is 0 Å². The maximum absolute atomic E-state index is 11.3. The minimum absolute atomic E-state index is 0.130. The Kier molecular flexibility index (Phi) is 20.8. The molecule has 0 aliphatic rings. The van der Waals surface area contributed by atoms with Gasteiger partial charge in [0.25, 0.3) is 11.4 Å². The van der Waals surface area contributed by atoms with Gasteiger partial charge in [0.1, 0.15) is 0 Å². The molecule has 7 heteroatoms. The fraction of sp³-hybridized carbons (Fsp3) is 0.857. The molecule has 0 aliphatic heterocycles. The molecule has 0 rings (SSSR count). The van der Waals surface area contributed by atoms with Crippen molar-refractivity contribution in [3.63, 3.8) is 0 Å². The van der Waals surface area contributed by atoms with Crippen molar-refractivity contribution in [1.29, 1.82) is 0 Å². The molecule has 0 unspecified atom stereocenters. The van der Waals surface area contributed by atoms with Crippen molar-refractivity contribution in [3.8, 4) is 0 Å². The van der Waals surface area contributed by atoms with E-state index in [1.807, 2.05) is 0 Å². The van der Waals surface area contributed by atoms with Gasteiger partial charge in [-0.05, 0) is 0 Å². The van der Waals surface area contributed by atoms with Crippen molar-refractivity contribution in [2.75, 3.05) is 0 Å². The number of ketones is 1. The van der Waals surface area contributed by atoms with Gasteiger partial charge in [-0.15, -0.1) is 0 Å². The van der Waals surface area contributed by atoms with Crippen LogP contribution in [0.4, 0.5) is 0 Å². The minimum atomic E-state index is -2.61. The molecule has 0 aliphatic carbocycles. The van der Waals surface area contributed by atoms with Crippen LogP contribution in [0.1, 0.15) is 77.6 Å². The van der Waals surface area contributed by atoms with Crippen LogP contribution in [0.2, 0.25) is 0 Å². The maximum Gasteiger partial charge on any atom is 0.299 e. The molecule has 0 aromatic heterocycles. The fourth-order valence-electron chi connectivity index (χ4n) is 2.00. The SMILES string of the molecule is CCCCCCCCCCCC(=O)C[C](=O)[Na].O=S(O)O. The molecule has 120 valence electrons. The average molecular weight is 330 g/mol. The van der Waals surface area contributed by atoms with E-state index in [0.29, 0.717) is 34.4 Å². The number of carbonyl (C=O) groups excluding carboxylic acids is 2. The molecule has 21 heavy (non-hydrogen) atoms. The summed E-state index contributed by atoms with van der Waals surface area (Å²) in [5.74, 6) is 0.146. The Hall–Kier alpha value is 0.410. The van der Waals surface area contributed by atoms with Gasteiger partial charge < -0.3 is 0 Å². The number of unbranched alkanes of at least 4 members (excludes halogenated alkanes) is 8. The number of carbonyl (C=O) groups is 2. The van der Waals surface area contributed by atoms with E-state index in [2.05, 4.69) is 6.92 Å². The summed E-state index contributed by atoms with van der Waals surface area (Å²) in [4.78, 5) is 22.0. The predicted octanol–water partition coefficient (Wildman–Crippen LogP) is 3.24. The van der Waals surface area contributed by atoms with Crippen LogP contribution in [-0.4, -0.2) is 50.1 Å². The van der Waals surface area contributed by atoms with Crippen LogP contribution in [0.15, 0.2) is 0 Å². The summed E-state index contributed by atoms with van der Waals surface area (Å²) in [5.41, 5.74) is 0. The smallest absolute Gasteiger partial charge is 0.284 e. The van der Waals surface area contributed by atoms with Crippen molar-refractivity contribution in [1.82, 2.24) is 0 Å². The molecule has 0 aromatic rings. The standard InChI is InChI=1S/C14H25O2.Na.H2O3S/c1-2-3-4-5-6-7-8-9-10-11-14(16)12-13-15;;1-4(2)3/h2-12H2,1H3;;(H2,1,2,3). The van der Waals surface area contributed by atoms with E-state index in [1.54, 1.807) is 0 Å². The molecular weight excluding hydrogens is 303 g/mol. The van der Waals surface area contributed by atoms with E-state index in [4.69, 9.17) is 13.3 Å². The van der Waals surface area contributed by atoms with Crippen LogP contribution in [0, 0.1) is 0 Å². The summed E-state index contributed by atoms with van der Waals surface area (Å²) in [7, 11) is 0. The van der Waals surface area contributed by atoms with Gasteiger partial charge in [0.05, 0.1) is 0 Å². The van der Waals surface area contributed by atoms with Crippen molar-refractivity contribution < 1.29 is 22.9 Å². The summed E-state index contributed by atoms with van der Waals surface area (Å²) in [6, 6.07) is 0. The quantitative estimate of drug-likeness (QED) is 0.248. The molecule has 0 bridgehead atoms. The van der Waals surface area contributed by atoms with E-state index < -0.39 is 11.4 Å². The third-order valence-electron chi connectivity index (χ3n) is 3.01. The van der Waals surface area contributed by atoms with Crippen LogP contribution < -0.4 is 0 Å². The van der Waals surface area contributed by atoms with Gasteiger partial charge >= 0.3 is 111 Å². The second kappa shape index (κ2) is 18.5. The Morgan fingerprint density at radius 2 is 1.29 bits per heavy atom. The molecule has 0 amide bonds. The average Bonchev–Trinajstić information content (AvgIpc) is 2.35. The van der Waals surface area contributed by atoms with E-state index >= 15 is 0 Å². The Morgan fingerprint density at radius 1 is 0.905 bits per heavy atom. The van der Waals surface area contributed by atoms with Gasteiger partial charge in [0.15, 0.2) is 0 Å². The van der Waals surface area contributed by atoms with E-state index in [9.17, 15) is 9.59 Å². The van der Waals surface area contributed by atoms with Gasteiger partial charge in [0, 0.05) is 0 Å². The molecule has 0 heterocycles. The summed E-state index contributed by atoms with van der Waals surface area (Å²) in [6.45, 7) is 2.24. The summed E-state index contributed by atoms with van der Waals surface area (Å²) < 4.78 is 23.0. The van der Waals surface area contributed by atoms with Gasteiger partial charge in [-0.1, -0.05) is 13.3 Å². The molecule has 0 fully saturated rings. The molecule has 0 radical (unpaired) electrons. The zero-order chi connectivity index (χ0) is 16.5. The first-order valence-electron chi connectivity index (χ1n) is 7.71. The van der Waals surface area contributed by atoms with Crippen LogP contribution in [-0.2, 0) is 21.0 Å². The summed E-state index contributed by atoms with van der Waals surface area (Å²) in [6.07, 6.45) is 12.2. The largest absolute Gasteiger partial charge is 0.299 e. The van der Waals surface area contributed by atoms with Crippen LogP contribution in [0.25, 0.3) is 0 Å². The Labute approximate surface area is 148 Å². The third kappa shape index (κ3) is 29.1. The fourth-order valence-corrected chi connectivity index (χ4v) is 2.39. The van der Waals surface area contributed by atoms with Gasteiger partial charge in [-0.2, -0.15) is 4.21 Å². The topological polar surface area (TPSA) is 91.7 Å². The number of Topliss-reactive ketones (excluding diaryl/α,β-unsaturated/α-hetero) is 1. The summed E-state index contributed by atoms with van der Waals surface area (Å²) >= 11 is -2.09. The van der Waals surface area contributed by atoms with Crippen molar-refractivity contribution in [2.45, 2.75) is 77.6 Å². The van der Waals surface area contributed by atoms with Crippen molar-refractivity contribution in [3.05, 3.63) is 0 Å². The number of hydrogen-bond acceptors (Lipinski definition) is 3. The van der Waals surface area contributed by atoms with Gasteiger partial charge in [-0.3, -0.25) is 9.11 Å². The zero-order valence-electron chi connectivity index (χ0n) is 13.3. The maximum atomic E-state index is 11.3. The Bertz CT molecular complexity index is 293.